The summed E-state index contributed by atoms with van der Waals surface area (Å²) in [5, 5.41) is 5.99. The third-order valence-electron chi connectivity index (χ3n) is 5.69. The fourth-order valence-corrected chi connectivity index (χ4v) is 4.45. The monoisotopic (exact) mass is 460 g/mol. The SMILES string of the molecule is CCCn1nc(N(c2ccc(Cl)cc2Cl)[C@@H](CC2CC2)c2ccc(F)cc2)nc1CC. The fourth-order valence-electron chi connectivity index (χ4n) is 3.95. The van der Waals surface area contributed by atoms with Crippen LogP contribution in [0.3, 0.4) is 0 Å². The summed E-state index contributed by atoms with van der Waals surface area (Å²) in [5.41, 5.74) is 1.82. The number of benzene rings is 2. The second-order valence-electron chi connectivity index (χ2n) is 8.12. The van der Waals surface area contributed by atoms with Gasteiger partial charge in [0.25, 0.3) is 0 Å². The fraction of sp³-hybridized carbons (Fsp3) is 0.417. The average Bonchev–Trinajstić information content (AvgIpc) is 3.48. The van der Waals surface area contributed by atoms with Gasteiger partial charge in [-0.1, -0.05) is 62.0 Å². The van der Waals surface area contributed by atoms with E-state index in [2.05, 4.69) is 18.7 Å². The van der Waals surface area contributed by atoms with Crippen LogP contribution in [-0.2, 0) is 13.0 Å². The summed E-state index contributed by atoms with van der Waals surface area (Å²) in [4.78, 5) is 7.00. The highest BCUT2D eigenvalue weighted by Gasteiger charge is 2.33. The van der Waals surface area contributed by atoms with E-state index < -0.39 is 0 Å². The Bertz CT molecular complexity index is 1030. The van der Waals surface area contributed by atoms with Crippen LogP contribution in [0.5, 0.6) is 0 Å². The molecule has 4 rings (SSSR count). The van der Waals surface area contributed by atoms with E-state index in [0.717, 1.165) is 42.9 Å². The summed E-state index contributed by atoms with van der Waals surface area (Å²) in [7, 11) is 0. The van der Waals surface area contributed by atoms with Crippen LogP contribution in [0.4, 0.5) is 16.0 Å². The van der Waals surface area contributed by atoms with Crippen LogP contribution in [-0.4, -0.2) is 14.8 Å². The standard InChI is InChI=1S/C24H27Cl2FN4/c1-3-13-30-23(4-2)28-24(29-30)31(21-12-9-18(25)15-20(21)26)22(14-16-5-6-16)17-7-10-19(27)11-8-17/h7-12,15-16,22H,3-6,13-14H2,1-2H3/t22-/m0/s1. The van der Waals surface area contributed by atoms with Crippen LogP contribution in [0.1, 0.15) is 57.0 Å². The second-order valence-corrected chi connectivity index (χ2v) is 8.96. The molecule has 0 unspecified atom stereocenters. The maximum atomic E-state index is 13.7. The van der Waals surface area contributed by atoms with E-state index in [1.54, 1.807) is 6.07 Å². The van der Waals surface area contributed by atoms with Crippen molar-refractivity contribution in [1.29, 1.82) is 0 Å². The molecule has 1 aliphatic rings. The van der Waals surface area contributed by atoms with Gasteiger partial charge in [-0.05, 0) is 54.7 Å². The lowest BCUT2D eigenvalue weighted by atomic mass is 9.98. The van der Waals surface area contributed by atoms with Crippen molar-refractivity contribution in [2.75, 3.05) is 4.90 Å². The van der Waals surface area contributed by atoms with Gasteiger partial charge in [-0.2, -0.15) is 4.98 Å². The molecule has 0 bridgehead atoms. The smallest absolute Gasteiger partial charge is 0.250 e. The van der Waals surface area contributed by atoms with Gasteiger partial charge in [0, 0.05) is 18.0 Å². The lowest BCUT2D eigenvalue weighted by Crippen LogP contribution is -2.26. The van der Waals surface area contributed by atoms with Crippen molar-refractivity contribution < 1.29 is 4.39 Å². The summed E-state index contributed by atoms with van der Waals surface area (Å²) < 4.78 is 15.7. The minimum atomic E-state index is -0.247. The normalized spacial score (nSPS) is 14.6. The number of nitrogens with zero attached hydrogens (tertiary/aromatic N) is 4. The number of aryl methyl sites for hydroxylation is 2. The maximum Gasteiger partial charge on any atom is 0.250 e. The molecule has 3 aromatic rings. The predicted octanol–water partition coefficient (Wildman–Crippen LogP) is 7.38. The van der Waals surface area contributed by atoms with Gasteiger partial charge in [-0.3, -0.25) is 0 Å². The Morgan fingerprint density at radius 2 is 1.87 bits per heavy atom. The Kier molecular flexibility index (Phi) is 6.83. The number of rotatable bonds is 9. The van der Waals surface area contributed by atoms with Crippen molar-refractivity contribution in [3.8, 4) is 0 Å². The van der Waals surface area contributed by atoms with Crippen molar-refractivity contribution in [3.05, 3.63) is 69.7 Å². The van der Waals surface area contributed by atoms with Gasteiger partial charge < -0.3 is 4.90 Å². The van der Waals surface area contributed by atoms with Crippen LogP contribution < -0.4 is 4.90 Å². The average molecular weight is 461 g/mol. The number of hydrogen-bond acceptors (Lipinski definition) is 3. The minimum Gasteiger partial charge on any atom is -0.300 e. The van der Waals surface area contributed by atoms with E-state index in [-0.39, 0.29) is 11.9 Å². The molecule has 0 aliphatic heterocycles. The Labute approximate surface area is 193 Å². The van der Waals surface area contributed by atoms with Crippen LogP contribution in [0.15, 0.2) is 42.5 Å². The predicted molar refractivity (Wildman–Crippen MR) is 125 cm³/mol. The highest BCUT2D eigenvalue weighted by Crippen LogP contribution is 2.45. The summed E-state index contributed by atoms with van der Waals surface area (Å²) >= 11 is 12.9. The molecule has 0 saturated heterocycles. The third kappa shape index (κ3) is 5.04. The molecule has 4 nitrogen and oxygen atoms in total. The molecule has 31 heavy (non-hydrogen) atoms. The lowest BCUT2D eigenvalue weighted by molar-refractivity contribution is 0.556. The molecule has 164 valence electrons. The van der Waals surface area contributed by atoms with E-state index in [9.17, 15) is 4.39 Å². The first-order valence-electron chi connectivity index (χ1n) is 10.9. The summed E-state index contributed by atoms with van der Waals surface area (Å²) in [6.07, 6.45) is 5.10. The summed E-state index contributed by atoms with van der Waals surface area (Å²) in [6, 6.07) is 12.2. The van der Waals surface area contributed by atoms with Crippen LogP contribution in [0.25, 0.3) is 0 Å². The lowest BCUT2D eigenvalue weighted by Gasteiger charge is -2.32. The van der Waals surface area contributed by atoms with Crippen molar-refractivity contribution in [2.24, 2.45) is 5.92 Å². The summed E-state index contributed by atoms with van der Waals surface area (Å²) in [5.74, 6) is 1.94. The Balaban J connectivity index is 1.86. The molecular weight excluding hydrogens is 434 g/mol. The van der Waals surface area contributed by atoms with E-state index in [4.69, 9.17) is 33.3 Å². The molecule has 1 aliphatic carbocycles. The van der Waals surface area contributed by atoms with Crippen LogP contribution in [0, 0.1) is 11.7 Å². The largest absolute Gasteiger partial charge is 0.300 e. The molecule has 0 N–H and O–H groups in total. The maximum absolute atomic E-state index is 13.7. The topological polar surface area (TPSA) is 34.0 Å². The van der Waals surface area contributed by atoms with Gasteiger partial charge in [-0.15, -0.1) is 5.10 Å². The molecule has 0 radical (unpaired) electrons. The first-order valence-corrected chi connectivity index (χ1v) is 11.7. The van der Waals surface area contributed by atoms with Crippen LogP contribution in [0.2, 0.25) is 10.0 Å². The minimum absolute atomic E-state index is 0.0611. The van der Waals surface area contributed by atoms with Crippen molar-refractivity contribution >= 4 is 34.8 Å². The van der Waals surface area contributed by atoms with E-state index in [1.165, 1.54) is 25.0 Å². The quantitative estimate of drug-likeness (QED) is 0.334. The second kappa shape index (κ2) is 9.58. The van der Waals surface area contributed by atoms with Gasteiger partial charge in [0.2, 0.25) is 5.95 Å². The molecule has 1 fully saturated rings. The zero-order valence-electron chi connectivity index (χ0n) is 17.9. The number of anilines is 2. The Morgan fingerprint density at radius 3 is 2.48 bits per heavy atom. The van der Waals surface area contributed by atoms with Gasteiger partial charge in [-0.25, -0.2) is 9.07 Å². The van der Waals surface area contributed by atoms with Gasteiger partial charge >= 0.3 is 0 Å². The molecule has 0 amide bonds. The first kappa shape index (κ1) is 22.1. The zero-order valence-corrected chi connectivity index (χ0v) is 19.4. The highest BCUT2D eigenvalue weighted by molar-refractivity contribution is 6.36. The molecule has 7 heteroatoms. The van der Waals surface area contributed by atoms with Crippen molar-refractivity contribution in [1.82, 2.24) is 14.8 Å². The van der Waals surface area contributed by atoms with Crippen molar-refractivity contribution in [2.45, 2.75) is 58.5 Å². The van der Waals surface area contributed by atoms with Gasteiger partial charge in [0.1, 0.15) is 11.6 Å². The Hall–Kier alpha value is -2.11. The molecule has 2 aromatic carbocycles. The van der Waals surface area contributed by atoms with Crippen LogP contribution >= 0.6 is 23.2 Å². The van der Waals surface area contributed by atoms with E-state index in [0.29, 0.717) is 21.9 Å². The molecule has 1 saturated carbocycles. The zero-order chi connectivity index (χ0) is 22.0. The Morgan fingerprint density at radius 1 is 1.13 bits per heavy atom. The number of aromatic nitrogens is 3. The van der Waals surface area contributed by atoms with Crippen molar-refractivity contribution in [3.63, 3.8) is 0 Å². The molecule has 1 aromatic heterocycles. The third-order valence-corrected chi connectivity index (χ3v) is 6.23. The van der Waals surface area contributed by atoms with Gasteiger partial charge in [0.15, 0.2) is 0 Å². The molecule has 1 atom stereocenters. The summed E-state index contributed by atoms with van der Waals surface area (Å²) in [6.45, 7) is 5.02. The molecule has 0 spiro atoms. The first-order chi connectivity index (χ1) is 15.0. The highest BCUT2D eigenvalue weighted by atomic mass is 35.5. The van der Waals surface area contributed by atoms with Gasteiger partial charge in [0.05, 0.1) is 16.8 Å². The van der Waals surface area contributed by atoms with E-state index in [1.807, 2.05) is 28.9 Å². The number of halogens is 3. The molecular formula is C24H27Cl2FN4. The number of hydrogen-bond donors (Lipinski definition) is 0. The van der Waals surface area contributed by atoms with E-state index >= 15 is 0 Å². The molecule has 1 heterocycles.